The van der Waals surface area contributed by atoms with Crippen molar-refractivity contribution >= 4 is 29.4 Å². The molecule has 0 amide bonds. The van der Waals surface area contributed by atoms with Gasteiger partial charge in [0, 0.05) is 48.7 Å². The molecule has 5 rings (SSSR count). The zero-order valence-corrected chi connectivity index (χ0v) is 20.9. The number of aliphatic hydroxyl groups is 1. The molecule has 8 nitrogen and oxygen atoms in total. The SMILES string of the molecule is Cc1nn2c(NCc3cccc(-c4nccn4C)c3)cc(C(C)O)nc2c1-c1ccc(Cl)c(C=O)c1. The maximum Gasteiger partial charge on any atom is 0.165 e. The number of imidazole rings is 1. The average Bonchev–Trinajstić information content (AvgIpc) is 3.45. The highest BCUT2D eigenvalue weighted by atomic mass is 35.5. The number of hydrogen-bond donors (Lipinski definition) is 2. The lowest BCUT2D eigenvalue weighted by Gasteiger charge is -2.13. The summed E-state index contributed by atoms with van der Waals surface area (Å²) in [4.78, 5) is 20.6. The molecule has 5 aromatic rings. The number of hydrogen-bond acceptors (Lipinski definition) is 6. The normalized spacial score (nSPS) is 12.1. The van der Waals surface area contributed by atoms with Gasteiger partial charge in [-0.2, -0.15) is 9.61 Å². The van der Waals surface area contributed by atoms with Crippen molar-refractivity contribution in [3.8, 4) is 22.5 Å². The van der Waals surface area contributed by atoms with Crippen LogP contribution in [-0.4, -0.2) is 35.5 Å². The summed E-state index contributed by atoms with van der Waals surface area (Å²) in [6.07, 6.45) is 3.65. The molecule has 0 radical (unpaired) electrons. The molecule has 0 aliphatic carbocycles. The second kappa shape index (κ2) is 9.56. The summed E-state index contributed by atoms with van der Waals surface area (Å²) in [5.41, 5.74) is 5.87. The van der Waals surface area contributed by atoms with Crippen LogP contribution in [0.5, 0.6) is 0 Å². The Morgan fingerprint density at radius 2 is 2.00 bits per heavy atom. The highest BCUT2D eigenvalue weighted by Crippen LogP contribution is 2.32. The van der Waals surface area contributed by atoms with Crippen LogP contribution in [0.25, 0.3) is 28.2 Å². The van der Waals surface area contributed by atoms with Gasteiger partial charge in [0.1, 0.15) is 11.6 Å². The van der Waals surface area contributed by atoms with Crippen molar-refractivity contribution in [2.75, 3.05) is 5.32 Å². The van der Waals surface area contributed by atoms with Gasteiger partial charge in [0.05, 0.1) is 22.5 Å². The van der Waals surface area contributed by atoms with Crippen LogP contribution in [0.2, 0.25) is 5.02 Å². The lowest BCUT2D eigenvalue weighted by atomic mass is 10.0. The monoisotopic (exact) mass is 500 g/mol. The second-order valence-corrected chi connectivity index (χ2v) is 9.12. The highest BCUT2D eigenvalue weighted by molar-refractivity contribution is 6.33. The van der Waals surface area contributed by atoms with Gasteiger partial charge in [-0.1, -0.05) is 35.9 Å². The van der Waals surface area contributed by atoms with Crippen LogP contribution in [0.15, 0.2) is 60.9 Å². The van der Waals surface area contributed by atoms with Crippen molar-refractivity contribution in [2.24, 2.45) is 7.05 Å². The Bertz CT molecular complexity index is 1590. The average molecular weight is 501 g/mol. The van der Waals surface area contributed by atoms with Crippen LogP contribution >= 0.6 is 11.6 Å². The van der Waals surface area contributed by atoms with Crippen molar-refractivity contribution in [3.63, 3.8) is 0 Å². The zero-order chi connectivity index (χ0) is 25.4. The summed E-state index contributed by atoms with van der Waals surface area (Å²) >= 11 is 6.14. The van der Waals surface area contributed by atoms with E-state index in [9.17, 15) is 9.90 Å². The topological polar surface area (TPSA) is 97.3 Å². The van der Waals surface area contributed by atoms with Crippen LogP contribution in [-0.2, 0) is 13.6 Å². The van der Waals surface area contributed by atoms with E-state index >= 15 is 0 Å². The van der Waals surface area contributed by atoms with Crippen molar-refractivity contribution in [1.29, 1.82) is 0 Å². The number of carbonyl (C=O) groups excluding carboxylic acids is 1. The number of aryl methyl sites for hydroxylation is 2. The van der Waals surface area contributed by atoms with E-state index in [0.717, 1.165) is 40.1 Å². The van der Waals surface area contributed by atoms with Crippen LogP contribution in [0.3, 0.4) is 0 Å². The minimum absolute atomic E-state index is 0.385. The molecule has 9 heteroatoms. The number of aldehydes is 1. The molecule has 2 N–H and O–H groups in total. The molecule has 0 saturated carbocycles. The van der Waals surface area contributed by atoms with Crippen LogP contribution in [0.4, 0.5) is 5.82 Å². The molecule has 0 spiro atoms. The fourth-order valence-corrected chi connectivity index (χ4v) is 4.43. The molecule has 1 unspecified atom stereocenters. The van der Waals surface area contributed by atoms with E-state index in [1.807, 2.05) is 49.0 Å². The van der Waals surface area contributed by atoms with Gasteiger partial charge < -0.3 is 15.0 Å². The first-order valence-electron chi connectivity index (χ1n) is 11.5. The molecule has 36 heavy (non-hydrogen) atoms. The first-order chi connectivity index (χ1) is 17.4. The fourth-order valence-electron chi connectivity index (χ4n) is 4.27. The predicted octanol–water partition coefficient (Wildman–Crippen LogP) is 5.24. The summed E-state index contributed by atoms with van der Waals surface area (Å²) in [6, 6.07) is 15.2. The molecule has 1 atom stereocenters. The Balaban J connectivity index is 1.55. The number of aliphatic hydroxyl groups excluding tert-OH is 1. The van der Waals surface area contributed by atoms with E-state index in [0.29, 0.717) is 34.3 Å². The van der Waals surface area contributed by atoms with E-state index in [-0.39, 0.29) is 0 Å². The van der Waals surface area contributed by atoms with Gasteiger partial charge in [-0.05, 0) is 43.2 Å². The number of benzene rings is 2. The van der Waals surface area contributed by atoms with E-state index in [1.165, 1.54) is 0 Å². The quantitative estimate of drug-likeness (QED) is 0.297. The minimum Gasteiger partial charge on any atom is -0.387 e. The largest absolute Gasteiger partial charge is 0.387 e. The third-order valence-electron chi connectivity index (χ3n) is 6.10. The predicted molar refractivity (Wildman–Crippen MR) is 140 cm³/mol. The second-order valence-electron chi connectivity index (χ2n) is 8.71. The van der Waals surface area contributed by atoms with Gasteiger partial charge in [-0.15, -0.1) is 0 Å². The number of fused-ring (bicyclic) bond motifs is 1. The van der Waals surface area contributed by atoms with Crippen molar-refractivity contribution in [2.45, 2.75) is 26.5 Å². The van der Waals surface area contributed by atoms with Crippen LogP contribution in [0.1, 0.15) is 40.3 Å². The van der Waals surface area contributed by atoms with Gasteiger partial charge in [-0.3, -0.25) is 4.79 Å². The molecule has 0 aliphatic heterocycles. The van der Waals surface area contributed by atoms with E-state index in [1.54, 1.807) is 35.8 Å². The Morgan fingerprint density at radius 3 is 2.72 bits per heavy atom. The van der Waals surface area contributed by atoms with Crippen molar-refractivity contribution in [3.05, 3.63) is 88.5 Å². The molecule has 3 heterocycles. The number of carbonyl (C=O) groups is 1. The number of nitrogens with one attached hydrogen (secondary N) is 1. The van der Waals surface area contributed by atoms with Crippen molar-refractivity contribution < 1.29 is 9.90 Å². The third kappa shape index (κ3) is 4.36. The maximum atomic E-state index is 11.5. The number of halogens is 1. The summed E-state index contributed by atoms with van der Waals surface area (Å²) in [5, 5.41) is 18.9. The maximum absolute atomic E-state index is 11.5. The molecule has 182 valence electrons. The zero-order valence-electron chi connectivity index (χ0n) is 20.1. The fraction of sp³-hybridized carbons (Fsp3) is 0.185. The van der Waals surface area contributed by atoms with Gasteiger partial charge in [0.25, 0.3) is 0 Å². The van der Waals surface area contributed by atoms with Gasteiger partial charge in [0.2, 0.25) is 0 Å². The Kier molecular flexibility index (Phi) is 6.30. The highest BCUT2D eigenvalue weighted by Gasteiger charge is 2.19. The first kappa shape index (κ1) is 23.7. The molecule has 2 aromatic carbocycles. The van der Waals surface area contributed by atoms with Crippen LogP contribution < -0.4 is 5.32 Å². The van der Waals surface area contributed by atoms with E-state index in [4.69, 9.17) is 21.7 Å². The third-order valence-corrected chi connectivity index (χ3v) is 6.45. The summed E-state index contributed by atoms with van der Waals surface area (Å²) in [5.74, 6) is 1.58. The summed E-state index contributed by atoms with van der Waals surface area (Å²) in [7, 11) is 1.97. The first-order valence-corrected chi connectivity index (χ1v) is 11.9. The lowest BCUT2D eigenvalue weighted by Crippen LogP contribution is -2.09. The lowest BCUT2D eigenvalue weighted by molar-refractivity contribution is 0.112. The minimum atomic E-state index is -0.777. The standard InChI is InChI=1S/C27H25ClN6O2/c1-16-25(19-7-8-22(28)21(12-19)15-35)27-31-23(17(2)36)13-24(34(27)32-16)30-14-18-5-4-6-20(11-18)26-29-9-10-33(26)3/h4-13,15,17,30,36H,14H2,1-3H3. The molecular weight excluding hydrogens is 476 g/mol. The molecule has 0 aliphatic rings. The Hall–Kier alpha value is -4.01. The molecule has 0 fully saturated rings. The van der Waals surface area contributed by atoms with Crippen LogP contribution in [0, 0.1) is 6.92 Å². The number of rotatable bonds is 7. The van der Waals surface area contributed by atoms with Gasteiger partial charge in [-0.25, -0.2) is 9.97 Å². The summed E-state index contributed by atoms with van der Waals surface area (Å²) in [6.45, 7) is 4.09. The van der Waals surface area contributed by atoms with Gasteiger partial charge in [0.15, 0.2) is 11.9 Å². The van der Waals surface area contributed by atoms with Gasteiger partial charge >= 0.3 is 0 Å². The number of aromatic nitrogens is 5. The molecule has 3 aromatic heterocycles. The van der Waals surface area contributed by atoms with E-state index in [2.05, 4.69) is 16.4 Å². The number of anilines is 1. The Labute approximate surface area is 213 Å². The molecule has 0 saturated heterocycles. The van der Waals surface area contributed by atoms with Crippen molar-refractivity contribution in [1.82, 2.24) is 24.1 Å². The molecular formula is C27H25ClN6O2. The molecule has 0 bridgehead atoms. The summed E-state index contributed by atoms with van der Waals surface area (Å²) < 4.78 is 3.71. The Morgan fingerprint density at radius 1 is 1.17 bits per heavy atom. The number of nitrogens with zero attached hydrogens (tertiary/aromatic N) is 5. The van der Waals surface area contributed by atoms with E-state index < -0.39 is 6.10 Å². The smallest absolute Gasteiger partial charge is 0.165 e.